The Kier molecular flexibility index (Phi) is 4.81. The molecule has 6 heteroatoms. The van der Waals surface area contributed by atoms with Crippen molar-refractivity contribution >= 4 is 20.3 Å². The lowest BCUT2D eigenvalue weighted by molar-refractivity contribution is -0.160. The maximum atomic E-state index is 12.0. The molecule has 0 bridgehead atoms. The maximum Gasteiger partial charge on any atom is 0.331 e. The van der Waals surface area contributed by atoms with Gasteiger partial charge in [-0.3, -0.25) is 9.59 Å². The predicted octanol–water partition coefficient (Wildman–Crippen LogP) is 2.13. The molecule has 114 valence electrons. The van der Waals surface area contributed by atoms with E-state index in [9.17, 15) is 9.59 Å². The minimum atomic E-state index is -1.80. The average molecular weight is 300 g/mol. The van der Waals surface area contributed by atoms with Crippen molar-refractivity contribution < 1.29 is 23.5 Å². The van der Waals surface area contributed by atoms with Gasteiger partial charge in [-0.1, -0.05) is 13.8 Å². The second-order valence-corrected chi connectivity index (χ2v) is 10.7. The Morgan fingerprint density at radius 2 is 1.55 bits per heavy atom. The van der Waals surface area contributed by atoms with E-state index < -0.39 is 25.7 Å². The highest BCUT2D eigenvalue weighted by Crippen LogP contribution is 2.51. The van der Waals surface area contributed by atoms with Gasteiger partial charge in [-0.2, -0.15) is 0 Å². The normalized spacial score (nSPS) is 18.3. The van der Waals surface area contributed by atoms with E-state index in [0.29, 0.717) is 5.57 Å². The highest BCUT2D eigenvalue weighted by atomic mass is 28.4. The highest BCUT2D eigenvalue weighted by Gasteiger charge is 2.62. The number of carbonyl (C=O) groups is 2. The Balaban J connectivity index is 3.03. The van der Waals surface area contributed by atoms with Crippen molar-refractivity contribution in [3.05, 3.63) is 11.6 Å². The van der Waals surface area contributed by atoms with Crippen LogP contribution in [0.2, 0.25) is 19.6 Å². The molecule has 0 saturated carbocycles. The van der Waals surface area contributed by atoms with Crippen LogP contribution in [0.3, 0.4) is 0 Å². The van der Waals surface area contributed by atoms with Crippen molar-refractivity contribution in [2.24, 2.45) is 11.3 Å². The Morgan fingerprint density at radius 3 is 1.85 bits per heavy atom. The molecule has 1 rings (SSSR count). The van der Waals surface area contributed by atoms with Crippen LogP contribution in [0.5, 0.6) is 0 Å². The SMILES string of the molecule is COC(=O)C1(C(=O)OC)C=C1C(O[Si](C)(C)C)C(C)C. The molecule has 0 heterocycles. The van der Waals surface area contributed by atoms with Crippen LogP contribution >= 0.6 is 0 Å². The smallest absolute Gasteiger partial charge is 0.331 e. The van der Waals surface area contributed by atoms with Gasteiger partial charge in [0.2, 0.25) is 5.41 Å². The number of hydrogen-bond acceptors (Lipinski definition) is 5. The Labute approximate surface area is 121 Å². The van der Waals surface area contributed by atoms with Crippen molar-refractivity contribution in [1.29, 1.82) is 0 Å². The number of esters is 2. The third kappa shape index (κ3) is 3.12. The fourth-order valence-corrected chi connectivity index (χ4v) is 3.36. The molecule has 0 fully saturated rings. The lowest BCUT2D eigenvalue weighted by Gasteiger charge is -2.30. The summed E-state index contributed by atoms with van der Waals surface area (Å²) in [6.07, 6.45) is 1.34. The Morgan fingerprint density at radius 1 is 1.10 bits per heavy atom. The van der Waals surface area contributed by atoms with Gasteiger partial charge in [0.1, 0.15) is 0 Å². The standard InChI is InChI=1S/C14H24O5Si/c1-9(2)11(19-20(5,6)7)10-8-14(10,12(15)17-3)13(16)18-4/h8-9,11H,1-7H3. The van der Waals surface area contributed by atoms with Gasteiger partial charge in [0.05, 0.1) is 20.3 Å². The van der Waals surface area contributed by atoms with E-state index in [0.717, 1.165) is 0 Å². The molecule has 5 nitrogen and oxygen atoms in total. The van der Waals surface area contributed by atoms with Gasteiger partial charge in [0.15, 0.2) is 8.32 Å². The van der Waals surface area contributed by atoms with E-state index in [-0.39, 0.29) is 12.0 Å². The first-order chi connectivity index (χ1) is 9.10. The number of carbonyl (C=O) groups excluding carboxylic acids is 2. The summed E-state index contributed by atoms with van der Waals surface area (Å²) < 4.78 is 15.6. The lowest BCUT2D eigenvalue weighted by Crippen LogP contribution is -2.40. The van der Waals surface area contributed by atoms with Crippen molar-refractivity contribution in [3.63, 3.8) is 0 Å². The van der Waals surface area contributed by atoms with Crippen molar-refractivity contribution in [3.8, 4) is 0 Å². The van der Waals surface area contributed by atoms with Gasteiger partial charge < -0.3 is 13.9 Å². The van der Waals surface area contributed by atoms with E-state index in [1.807, 2.05) is 13.8 Å². The summed E-state index contributed by atoms with van der Waals surface area (Å²) in [5.74, 6) is -1.06. The van der Waals surface area contributed by atoms with Crippen molar-refractivity contribution in [2.75, 3.05) is 14.2 Å². The molecule has 0 amide bonds. The summed E-state index contributed by atoms with van der Waals surface area (Å²) in [5.41, 5.74) is -0.716. The van der Waals surface area contributed by atoms with Gasteiger partial charge in [-0.15, -0.1) is 0 Å². The van der Waals surface area contributed by atoms with Crippen LogP contribution < -0.4 is 0 Å². The number of ether oxygens (including phenoxy) is 2. The summed E-state index contributed by atoms with van der Waals surface area (Å²) in [6.45, 7) is 10.2. The first kappa shape index (κ1) is 16.9. The molecule has 0 spiro atoms. The Bertz CT molecular complexity index is 417. The summed E-state index contributed by atoms with van der Waals surface area (Å²) in [7, 11) is 0.725. The molecule has 1 unspecified atom stereocenters. The van der Waals surface area contributed by atoms with Gasteiger partial charge >= 0.3 is 11.9 Å². The Hall–Kier alpha value is -1.14. The molecule has 0 saturated heterocycles. The van der Waals surface area contributed by atoms with Crippen LogP contribution in [0.25, 0.3) is 0 Å². The number of rotatable bonds is 6. The fraction of sp³-hybridized carbons (Fsp3) is 0.714. The second kappa shape index (κ2) is 5.69. The molecule has 1 aliphatic carbocycles. The topological polar surface area (TPSA) is 61.8 Å². The molecule has 1 aliphatic rings. The molecule has 20 heavy (non-hydrogen) atoms. The van der Waals surface area contributed by atoms with Gasteiger partial charge in [-0.05, 0) is 37.2 Å². The molecular formula is C14H24O5Si. The fourth-order valence-electron chi connectivity index (χ4n) is 2.20. The molecule has 0 aromatic rings. The van der Waals surface area contributed by atoms with E-state index >= 15 is 0 Å². The zero-order chi connectivity index (χ0) is 15.7. The molecular weight excluding hydrogens is 276 g/mol. The summed E-state index contributed by atoms with van der Waals surface area (Å²) >= 11 is 0. The third-order valence-corrected chi connectivity index (χ3v) is 4.11. The molecule has 0 aliphatic heterocycles. The lowest BCUT2D eigenvalue weighted by atomic mass is 9.93. The van der Waals surface area contributed by atoms with E-state index in [1.54, 1.807) is 6.08 Å². The third-order valence-electron chi connectivity index (χ3n) is 3.15. The molecule has 0 radical (unpaired) electrons. The van der Waals surface area contributed by atoms with E-state index in [2.05, 4.69) is 19.6 Å². The minimum absolute atomic E-state index is 0.157. The van der Waals surface area contributed by atoms with Crippen LogP contribution in [0.15, 0.2) is 11.6 Å². The first-order valence-electron chi connectivity index (χ1n) is 6.68. The van der Waals surface area contributed by atoms with Crippen molar-refractivity contribution in [1.82, 2.24) is 0 Å². The van der Waals surface area contributed by atoms with Crippen LogP contribution in [-0.4, -0.2) is 40.6 Å². The monoisotopic (exact) mass is 300 g/mol. The first-order valence-corrected chi connectivity index (χ1v) is 10.1. The largest absolute Gasteiger partial charge is 0.468 e. The van der Waals surface area contributed by atoms with E-state index in [1.165, 1.54) is 14.2 Å². The van der Waals surface area contributed by atoms with Crippen LogP contribution in [0.1, 0.15) is 13.8 Å². The zero-order valence-electron chi connectivity index (χ0n) is 13.3. The zero-order valence-corrected chi connectivity index (χ0v) is 14.3. The average Bonchev–Trinajstić information content (AvgIpc) is 3.09. The van der Waals surface area contributed by atoms with E-state index in [4.69, 9.17) is 13.9 Å². The summed E-state index contributed by atoms with van der Waals surface area (Å²) in [4.78, 5) is 24.0. The summed E-state index contributed by atoms with van der Waals surface area (Å²) in [6, 6.07) is 0. The highest BCUT2D eigenvalue weighted by molar-refractivity contribution is 6.69. The minimum Gasteiger partial charge on any atom is -0.468 e. The quantitative estimate of drug-likeness (QED) is 0.325. The molecule has 0 aromatic heterocycles. The molecule has 0 aromatic carbocycles. The number of hydrogen-bond donors (Lipinski definition) is 0. The maximum absolute atomic E-state index is 12.0. The molecule has 1 atom stereocenters. The van der Waals surface area contributed by atoms with Gasteiger partial charge in [0, 0.05) is 0 Å². The second-order valence-electron chi connectivity index (χ2n) is 6.29. The van der Waals surface area contributed by atoms with Crippen LogP contribution in [-0.2, 0) is 23.5 Å². The van der Waals surface area contributed by atoms with Gasteiger partial charge in [-0.25, -0.2) is 0 Å². The number of methoxy groups -OCH3 is 2. The van der Waals surface area contributed by atoms with Gasteiger partial charge in [0.25, 0.3) is 0 Å². The van der Waals surface area contributed by atoms with Crippen molar-refractivity contribution in [2.45, 2.75) is 39.6 Å². The summed E-state index contributed by atoms with van der Waals surface area (Å²) in [5, 5.41) is 0. The molecule has 0 N–H and O–H groups in total. The predicted molar refractivity (Wildman–Crippen MR) is 77.6 cm³/mol. The van der Waals surface area contributed by atoms with Crippen LogP contribution in [0, 0.1) is 11.3 Å². The van der Waals surface area contributed by atoms with Crippen LogP contribution in [0.4, 0.5) is 0 Å².